The van der Waals surface area contributed by atoms with Crippen LogP contribution in [-0.2, 0) is 4.74 Å². The standard InChI is InChI=1S/C22H42N4O/c1-7-9-11-13-15-21(17-19-23,25(3)4)27-22(18-20-24,26(5)6)16-14-12-10-8-2/h7-18H2,1-6H3. The molecule has 0 heterocycles. The molecule has 2 unspecified atom stereocenters. The molecule has 0 aromatic rings. The molecule has 0 N–H and O–H groups in total. The van der Waals surface area contributed by atoms with Crippen molar-refractivity contribution in [3.63, 3.8) is 0 Å². The van der Waals surface area contributed by atoms with Crippen LogP contribution in [0.25, 0.3) is 0 Å². The van der Waals surface area contributed by atoms with Gasteiger partial charge in [0.05, 0.1) is 25.0 Å². The van der Waals surface area contributed by atoms with Gasteiger partial charge < -0.3 is 4.74 Å². The third kappa shape index (κ3) is 8.60. The first-order valence-electron chi connectivity index (χ1n) is 10.6. The average Bonchev–Trinajstić information content (AvgIpc) is 2.62. The minimum absolute atomic E-state index is 0.308. The summed E-state index contributed by atoms with van der Waals surface area (Å²) in [6.45, 7) is 4.40. The van der Waals surface area contributed by atoms with E-state index in [1.165, 1.54) is 25.7 Å². The third-order valence-electron chi connectivity index (χ3n) is 5.56. The van der Waals surface area contributed by atoms with Gasteiger partial charge in [-0.25, -0.2) is 0 Å². The Bertz CT molecular complexity index is 424. The summed E-state index contributed by atoms with van der Waals surface area (Å²) in [6.07, 6.45) is 11.3. The van der Waals surface area contributed by atoms with Crippen LogP contribution in [0.5, 0.6) is 0 Å². The van der Waals surface area contributed by atoms with E-state index in [0.29, 0.717) is 12.8 Å². The third-order valence-corrected chi connectivity index (χ3v) is 5.56. The molecular weight excluding hydrogens is 336 g/mol. The molecule has 0 aliphatic rings. The molecule has 5 nitrogen and oxygen atoms in total. The van der Waals surface area contributed by atoms with Gasteiger partial charge in [-0.2, -0.15) is 10.5 Å². The lowest BCUT2D eigenvalue weighted by atomic mass is 9.95. The Morgan fingerprint density at radius 3 is 1.30 bits per heavy atom. The molecule has 0 fully saturated rings. The maximum Gasteiger partial charge on any atom is 0.136 e. The number of nitrogens with zero attached hydrogens (tertiary/aromatic N) is 4. The summed E-state index contributed by atoms with van der Waals surface area (Å²) in [4.78, 5) is 4.09. The maximum atomic E-state index is 9.53. The van der Waals surface area contributed by atoms with Crippen molar-refractivity contribution in [3.8, 4) is 12.1 Å². The minimum atomic E-state index is -0.658. The molecule has 156 valence electrons. The fraction of sp³-hybridized carbons (Fsp3) is 0.909. The summed E-state index contributed by atoms with van der Waals surface area (Å²) in [5.74, 6) is 0. The second kappa shape index (κ2) is 13.9. The topological polar surface area (TPSA) is 63.3 Å². The first-order chi connectivity index (χ1) is 12.8. The highest BCUT2D eigenvalue weighted by Crippen LogP contribution is 2.37. The van der Waals surface area contributed by atoms with Crippen molar-refractivity contribution in [2.75, 3.05) is 28.2 Å². The van der Waals surface area contributed by atoms with Gasteiger partial charge in [-0.05, 0) is 53.9 Å². The van der Waals surface area contributed by atoms with E-state index in [9.17, 15) is 10.5 Å². The number of hydrogen-bond donors (Lipinski definition) is 0. The molecule has 0 bridgehead atoms. The van der Waals surface area contributed by atoms with Gasteiger partial charge >= 0.3 is 0 Å². The molecule has 5 heteroatoms. The number of unbranched alkanes of at least 4 members (excludes halogenated alkanes) is 6. The van der Waals surface area contributed by atoms with Crippen LogP contribution < -0.4 is 0 Å². The molecular formula is C22H42N4O. The summed E-state index contributed by atoms with van der Waals surface area (Å²) >= 11 is 0. The fourth-order valence-corrected chi connectivity index (χ4v) is 3.55. The van der Waals surface area contributed by atoms with Crippen molar-refractivity contribution in [1.82, 2.24) is 9.80 Å². The van der Waals surface area contributed by atoms with Gasteiger partial charge in [0.2, 0.25) is 0 Å². The highest BCUT2D eigenvalue weighted by atomic mass is 16.6. The molecule has 2 atom stereocenters. The Morgan fingerprint density at radius 1 is 0.667 bits per heavy atom. The van der Waals surface area contributed by atoms with E-state index in [4.69, 9.17) is 4.74 Å². The SMILES string of the molecule is CCCCCCC(CC#N)(OC(CC#N)(CCCCCC)N(C)C)N(C)C. The summed E-state index contributed by atoms with van der Waals surface area (Å²) in [5.41, 5.74) is -1.32. The Balaban J connectivity index is 5.59. The molecule has 0 spiro atoms. The largest absolute Gasteiger partial charge is 0.337 e. The van der Waals surface area contributed by atoms with E-state index < -0.39 is 11.4 Å². The number of rotatable bonds is 16. The summed E-state index contributed by atoms with van der Waals surface area (Å²) in [7, 11) is 7.95. The number of ether oxygens (including phenoxy) is 1. The van der Waals surface area contributed by atoms with E-state index in [-0.39, 0.29) is 0 Å². The lowest BCUT2D eigenvalue weighted by Crippen LogP contribution is -2.58. The van der Waals surface area contributed by atoms with Crippen LogP contribution in [0.4, 0.5) is 0 Å². The van der Waals surface area contributed by atoms with E-state index in [2.05, 4.69) is 26.0 Å². The highest BCUT2D eigenvalue weighted by Gasteiger charge is 2.44. The molecule has 0 saturated heterocycles. The van der Waals surface area contributed by atoms with Crippen LogP contribution in [0, 0.1) is 22.7 Å². The van der Waals surface area contributed by atoms with Gasteiger partial charge in [0.25, 0.3) is 0 Å². The van der Waals surface area contributed by atoms with Gasteiger partial charge in [-0.1, -0.05) is 52.4 Å². The zero-order valence-electron chi connectivity index (χ0n) is 18.7. The van der Waals surface area contributed by atoms with E-state index in [1.807, 2.05) is 38.0 Å². The van der Waals surface area contributed by atoms with Crippen LogP contribution >= 0.6 is 0 Å². The normalized spacial score (nSPS) is 15.9. The highest BCUT2D eigenvalue weighted by molar-refractivity contribution is 4.96. The molecule has 0 aromatic heterocycles. The second-order valence-corrected chi connectivity index (χ2v) is 8.07. The smallest absolute Gasteiger partial charge is 0.136 e. The summed E-state index contributed by atoms with van der Waals surface area (Å²) in [6, 6.07) is 4.69. The van der Waals surface area contributed by atoms with Crippen LogP contribution in [0.1, 0.15) is 90.9 Å². The van der Waals surface area contributed by atoms with Gasteiger partial charge in [-0.3, -0.25) is 9.80 Å². The fourth-order valence-electron chi connectivity index (χ4n) is 3.55. The molecule has 0 aromatic carbocycles. The monoisotopic (exact) mass is 378 g/mol. The molecule has 0 rings (SSSR count). The Hall–Kier alpha value is -1.14. The molecule has 0 radical (unpaired) electrons. The van der Waals surface area contributed by atoms with Gasteiger partial charge in [0.15, 0.2) is 0 Å². The second-order valence-electron chi connectivity index (χ2n) is 8.07. The quantitative estimate of drug-likeness (QED) is 0.270. The molecule has 0 saturated carbocycles. The predicted octanol–water partition coefficient (Wildman–Crippen LogP) is 5.29. The Morgan fingerprint density at radius 2 is 1.04 bits per heavy atom. The van der Waals surface area contributed by atoms with Gasteiger partial charge in [0, 0.05) is 0 Å². The van der Waals surface area contributed by atoms with Crippen LogP contribution in [-0.4, -0.2) is 49.4 Å². The van der Waals surface area contributed by atoms with Crippen molar-refractivity contribution in [2.24, 2.45) is 0 Å². The zero-order chi connectivity index (χ0) is 20.8. The van der Waals surface area contributed by atoms with E-state index in [1.54, 1.807) is 0 Å². The van der Waals surface area contributed by atoms with Gasteiger partial charge in [-0.15, -0.1) is 0 Å². The Labute approximate surface area is 168 Å². The van der Waals surface area contributed by atoms with Crippen LogP contribution in [0.3, 0.4) is 0 Å². The van der Waals surface area contributed by atoms with Crippen LogP contribution in [0.15, 0.2) is 0 Å². The molecule has 0 aliphatic carbocycles. The summed E-state index contributed by atoms with van der Waals surface area (Å²) in [5, 5.41) is 19.1. The molecule has 27 heavy (non-hydrogen) atoms. The zero-order valence-corrected chi connectivity index (χ0v) is 18.7. The summed E-state index contributed by atoms with van der Waals surface area (Å²) < 4.78 is 6.80. The van der Waals surface area contributed by atoms with E-state index >= 15 is 0 Å². The van der Waals surface area contributed by atoms with Crippen molar-refractivity contribution < 1.29 is 4.74 Å². The lowest BCUT2D eigenvalue weighted by molar-refractivity contribution is -0.265. The lowest BCUT2D eigenvalue weighted by Gasteiger charge is -2.48. The van der Waals surface area contributed by atoms with E-state index in [0.717, 1.165) is 38.5 Å². The maximum absolute atomic E-state index is 9.53. The minimum Gasteiger partial charge on any atom is -0.337 e. The number of nitriles is 2. The van der Waals surface area contributed by atoms with Gasteiger partial charge in [0.1, 0.15) is 11.4 Å². The predicted molar refractivity (Wildman–Crippen MR) is 112 cm³/mol. The van der Waals surface area contributed by atoms with Crippen molar-refractivity contribution in [1.29, 1.82) is 10.5 Å². The first kappa shape index (κ1) is 25.9. The van der Waals surface area contributed by atoms with Crippen LogP contribution in [0.2, 0.25) is 0 Å². The average molecular weight is 379 g/mol. The molecule has 0 amide bonds. The molecule has 0 aliphatic heterocycles. The van der Waals surface area contributed by atoms with Crippen molar-refractivity contribution >= 4 is 0 Å². The van der Waals surface area contributed by atoms with Crippen molar-refractivity contribution in [2.45, 2.75) is 102 Å². The van der Waals surface area contributed by atoms with Crippen molar-refractivity contribution in [3.05, 3.63) is 0 Å². The Kier molecular flexibility index (Phi) is 13.4. The first-order valence-corrected chi connectivity index (χ1v) is 10.6. The number of hydrogen-bond acceptors (Lipinski definition) is 5.